The van der Waals surface area contributed by atoms with Crippen molar-refractivity contribution in [3.05, 3.63) is 45.8 Å². The van der Waals surface area contributed by atoms with Crippen LogP contribution >= 0.6 is 23.6 Å². The van der Waals surface area contributed by atoms with E-state index in [0.717, 1.165) is 29.0 Å². The molecule has 0 bridgehead atoms. The van der Waals surface area contributed by atoms with Gasteiger partial charge in [0, 0.05) is 5.69 Å². The summed E-state index contributed by atoms with van der Waals surface area (Å²) in [5.74, 6) is -0.692. The van der Waals surface area contributed by atoms with E-state index in [9.17, 15) is 9.59 Å². The molecule has 6 nitrogen and oxygen atoms in total. The molecule has 2 aromatic rings. The van der Waals surface area contributed by atoms with Crippen molar-refractivity contribution < 1.29 is 19.1 Å². The summed E-state index contributed by atoms with van der Waals surface area (Å²) in [7, 11) is 2.59. The number of benzene rings is 1. The zero-order valence-electron chi connectivity index (χ0n) is 16.5. The van der Waals surface area contributed by atoms with Crippen LogP contribution in [0.2, 0.25) is 0 Å². The Hall–Kier alpha value is -2.45. The Labute approximate surface area is 174 Å². The molecule has 1 heterocycles. The van der Waals surface area contributed by atoms with Crippen LogP contribution in [0.3, 0.4) is 0 Å². The Morgan fingerprint density at radius 1 is 1.14 bits per heavy atom. The van der Waals surface area contributed by atoms with E-state index in [0.29, 0.717) is 26.5 Å². The molecular weight excluding hydrogens is 396 g/mol. The first-order valence-corrected chi connectivity index (χ1v) is 10.0. The molecule has 28 heavy (non-hydrogen) atoms. The Morgan fingerprint density at radius 3 is 2.39 bits per heavy atom. The molecule has 0 saturated carbocycles. The molecule has 0 radical (unpaired) electrons. The van der Waals surface area contributed by atoms with Gasteiger partial charge in [0.05, 0.1) is 19.8 Å². The summed E-state index contributed by atoms with van der Waals surface area (Å²) < 4.78 is 9.66. The van der Waals surface area contributed by atoms with Crippen LogP contribution in [0.5, 0.6) is 0 Å². The maximum absolute atomic E-state index is 12.2. The minimum atomic E-state index is -0.547. The van der Waals surface area contributed by atoms with Gasteiger partial charge in [-0.25, -0.2) is 9.59 Å². The molecule has 1 atom stereocenters. The highest BCUT2D eigenvalue weighted by molar-refractivity contribution is 7.80. The van der Waals surface area contributed by atoms with Gasteiger partial charge in [-0.1, -0.05) is 32.0 Å². The fraction of sp³-hybridized carbons (Fsp3) is 0.350. The van der Waals surface area contributed by atoms with E-state index in [4.69, 9.17) is 21.7 Å². The molecule has 150 valence electrons. The first kappa shape index (κ1) is 21.8. The van der Waals surface area contributed by atoms with Crippen LogP contribution in [-0.4, -0.2) is 31.3 Å². The first-order chi connectivity index (χ1) is 13.3. The first-order valence-electron chi connectivity index (χ1n) is 8.80. The summed E-state index contributed by atoms with van der Waals surface area (Å²) in [6.45, 7) is 5.95. The standard InChI is InChI=1S/C20H24N2O4S2/c1-6-11(2)13-9-7-8-10-14(13)21-20(27)22-17-15(18(23)25-4)12(3)16(28-17)19(24)26-5/h7-11H,6H2,1-5H3,(H2,21,22,27). The van der Waals surface area contributed by atoms with Crippen LogP contribution in [0.4, 0.5) is 10.7 Å². The zero-order chi connectivity index (χ0) is 20.8. The summed E-state index contributed by atoms with van der Waals surface area (Å²) in [6.07, 6.45) is 0.998. The lowest BCUT2D eigenvalue weighted by molar-refractivity contribution is 0.0601. The van der Waals surface area contributed by atoms with E-state index in [1.165, 1.54) is 14.2 Å². The number of hydrogen-bond donors (Lipinski definition) is 2. The van der Waals surface area contributed by atoms with Crippen molar-refractivity contribution in [2.24, 2.45) is 0 Å². The fourth-order valence-corrected chi connectivity index (χ4v) is 4.15. The van der Waals surface area contributed by atoms with E-state index >= 15 is 0 Å². The van der Waals surface area contributed by atoms with Crippen molar-refractivity contribution in [3.63, 3.8) is 0 Å². The minimum Gasteiger partial charge on any atom is -0.465 e. The van der Waals surface area contributed by atoms with Gasteiger partial charge in [-0.3, -0.25) is 0 Å². The van der Waals surface area contributed by atoms with E-state index in [1.54, 1.807) is 6.92 Å². The number of methoxy groups -OCH3 is 2. The molecule has 0 fully saturated rings. The second-order valence-electron chi connectivity index (χ2n) is 6.22. The molecule has 0 spiro atoms. The molecule has 2 rings (SSSR count). The predicted octanol–water partition coefficient (Wildman–Crippen LogP) is 4.95. The van der Waals surface area contributed by atoms with Gasteiger partial charge in [0.2, 0.25) is 0 Å². The summed E-state index contributed by atoms with van der Waals surface area (Å²) in [4.78, 5) is 24.6. The lowest BCUT2D eigenvalue weighted by Gasteiger charge is -2.17. The van der Waals surface area contributed by atoms with Crippen molar-refractivity contribution in [1.29, 1.82) is 0 Å². The molecule has 1 aromatic heterocycles. The van der Waals surface area contributed by atoms with Crippen LogP contribution in [-0.2, 0) is 9.47 Å². The largest absolute Gasteiger partial charge is 0.465 e. The Bertz CT molecular complexity index is 892. The van der Waals surface area contributed by atoms with E-state index in [2.05, 4.69) is 30.5 Å². The second kappa shape index (κ2) is 9.66. The number of ether oxygens (including phenoxy) is 2. The number of thiocarbonyl (C=S) groups is 1. The smallest absolute Gasteiger partial charge is 0.348 e. The lowest BCUT2D eigenvalue weighted by Crippen LogP contribution is -2.21. The second-order valence-corrected chi connectivity index (χ2v) is 7.65. The molecule has 0 aliphatic carbocycles. The third-order valence-corrected chi connectivity index (χ3v) is 5.88. The number of thiophene rings is 1. The van der Waals surface area contributed by atoms with Gasteiger partial charge in [-0.05, 0) is 48.7 Å². The van der Waals surface area contributed by atoms with Crippen LogP contribution in [0, 0.1) is 6.92 Å². The molecule has 1 aromatic carbocycles. The number of carbonyl (C=O) groups excluding carboxylic acids is 2. The number of nitrogens with one attached hydrogen (secondary N) is 2. The van der Waals surface area contributed by atoms with Gasteiger partial charge in [-0.2, -0.15) is 0 Å². The van der Waals surface area contributed by atoms with E-state index in [1.807, 2.05) is 18.2 Å². The normalized spacial score (nSPS) is 11.5. The number of carbonyl (C=O) groups is 2. The van der Waals surface area contributed by atoms with Crippen LogP contribution in [0.25, 0.3) is 0 Å². The molecule has 0 saturated heterocycles. The van der Waals surface area contributed by atoms with Crippen molar-refractivity contribution in [2.45, 2.75) is 33.1 Å². The summed E-state index contributed by atoms with van der Waals surface area (Å²) in [5, 5.41) is 6.97. The number of rotatable bonds is 6. The Balaban J connectivity index is 2.32. The van der Waals surface area contributed by atoms with Crippen LogP contribution < -0.4 is 10.6 Å². The van der Waals surface area contributed by atoms with Crippen molar-refractivity contribution in [2.75, 3.05) is 24.9 Å². The van der Waals surface area contributed by atoms with Crippen molar-refractivity contribution in [1.82, 2.24) is 0 Å². The third-order valence-electron chi connectivity index (χ3n) is 4.49. The number of anilines is 2. The molecule has 1 unspecified atom stereocenters. The van der Waals surface area contributed by atoms with Crippen molar-refractivity contribution in [3.8, 4) is 0 Å². The molecule has 0 aliphatic rings. The number of hydrogen-bond acceptors (Lipinski definition) is 6. The third kappa shape index (κ3) is 4.69. The van der Waals surface area contributed by atoms with Crippen LogP contribution in [0.15, 0.2) is 24.3 Å². The SMILES string of the molecule is CCC(C)c1ccccc1NC(=S)Nc1sc(C(=O)OC)c(C)c1C(=O)OC. The monoisotopic (exact) mass is 420 g/mol. The summed E-state index contributed by atoms with van der Waals surface area (Å²) >= 11 is 6.55. The Kier molecular flexibility index (Phi) is 7.53. The summed E-state index contributed by atoms with van der Waals surface area (Å²) in [6, 6.07) is 7.94. The maximum atomic E-state index is 12.2. The zero-order valence-corrected chi connectivity index (χ0v) is 18.2. The fourth-order valence-electron chi connectivity index (χ4n) is 2.75. The van der Waals surface area contributed by atoms with Crippen molar-refractivity contribution >= 4 is 51.3 Å². The van der Waals surface area contributed by atoms with Gasteiger partial charge < -0.3 is 20.1 Å². The average Bonchev–Trinajstić information content (AvgIpc) is 3.02. The minimum absolute atomic E-state index is 0.271. The highest BCUT2D eigenvalue weighted by Gasteiger charge is 2.26. The Morgan fingerprint density at radius 2 is 1.79 bits per heavy atom. The van der Waals surface area contributed by atoms with Gasteiger partial charge in [0.25, 0.3) is 0 Å². The predicted molar refractivity (Wildman–Crippen MR) is 117 cm³/mol. The molecular formula is C20H24N2O4S2. The summed E-state index contributed by atoms with van der Waals surface area (Å²) in [5.41, 5.74) is 2.82. The van der Waals surface area contributed by atoms with Gasteiger partial charge in [0.1, 0.15) is 9.88 Å². The number of para-hydroxylation sites is 1. The topological polar surface area (TPSA) is 76.7 Å². The highest BCUT2D eigenvalue weighted by atomic mass is 32.1. The van der Waals surface area contributed by atoms with Gasteiger partial charge in [-0.15, -0.1) is 11.3 Å². The van der Waals surface area contributed by atoms with Crippen LogP contribution in [0.1, 0.15) is 57.3 Å². The lowest BCUT2D eigenvalue weighted by atomic mass is 9.97. The van der Waals surface area contributed by atoms with Gasteiger partial charge in [0.15, 0.2) is 5.11 Å². The number of esters is 2. The van der Waals surface area contributed by atoms with Gasteiger partial charge >= 0.3 is 11.9 Å². The average molecular weight is 421 g/mol. The highest BCUT2D eigenvalue weighted by Crippen LogP contribution is 2.34. The molecule has 0 amide bonds. The maximum Gasteiger partial charge on any atom is 0.348 e. The molecule has 2 N–H and O–H groups in total. The van der Waals surface area contributed by atoms with E-state index < -0.39 is 11.9 Å². The quantitative estimate of drug-likeness (QED) is 0.506. The molecule has 0 aliphatic heterocycles. The van der Waals surface area contributed by atoms with E-state index in [-0.39, 0.29) is 5.56 Å². The molecule has 8 heteroatoms.